The summed E-state index contributed by atoms with van der Waals surface area (Å²) >= 11 is 12.1. The van der Waals surface area contributed by atoms with Crippen LogP contribution >= 0.6 is 23.2 Å². The molecule has 0 spiro atoms. The van der Waals surface area contributed by atoms with E-state index in [0.717, 1.165) is 0 Å². The van der Waals surface area contributed by atoms with E-state index < -0.39 is 27.9 Å². The lowest BCUT2D eigenvalue weighted by Gasteiger charge is -2.29. The highest BCUT2D eigenvalue weighted by Crippen LogP contribution is 2.30. The molecule has 2 aromatic carbocycles. The molecule has 0 aromatic heterocycles. The molecule has 0 fully saturated rings. The molecule has 1 N–H and O–H groups in total. The molecule has 0 unspecified atom stereocenters. The molecule has 1 aliphatic heterocycles. The van der Waals surface area contributed by atoms with Gasteiger partial charge in [0.2, 0.25) is 11.8 Å². The number of amides is 3. The number of sulfonamides is 1. The van der Waals surface area contributed by atoms with Crippen LogP contribution in [0.3, 0.4) is 0 Å². The van der Waals surface area contributed by atoms with E-state index in [1.807, 2.05) is 13.8 Å². The Morgan fingerprint density at radius 3 is 2.37 bits per heavy atom. The Kier molecular flexibility index (Phi) is 8.46. The van der Waals surface area contributed by atoms with Crippen LogP contribution in [-0.2, 0) is 26.2 Å². The van der Waals surface area contributed by atoms with Gasteiger partial charge in [-0.1, -0.05) is 55.2 Å². The summed E-state index contributed by atoms with van der Waals surface area (Å²) in [7, 11) is -4.04. The predicted octanol–water partition coefficient (Wildman–Crippen LogP) is 3.72. The summed E-state index contributed by atoms with van der Waals surface area (Å²) in [4.78, 5) is 40.0. The van der Waals surface area contributed by atoms with Crippen LogP contribution in [0.25, 0.3) is 0 Å². The SMILES string of the molecule is CC(C)CNC(=O)[C@H](C)N(Cc1ccc(Cl)c(Cl)c1)C(=O)CCN1C(=O)c2ccccc2S1(=O)=O. The second kappa shape index (κ2) is 11.0. The Morgan fingerprint density at radius 1 is 1.06 bits per heavy atom. The second-order valence-corrected chi connectivity index (χ2v) is 11.4. The number of hydrogen-bond acceptors (Lipinski definition) is 5. The molecule has 11 heteroatoms. The maximum atomic E-state index is 13.3. The van der Waals surface area contributed by atoms with E-state index in [1.54, 1.807) is 31.2 Å². The van der Waals surface area contributed by atoms with Gasteiger partial charge in [-0.05, 0) is 42.7 Å². The van der Waals surface area contributed by atoms with Crippen molar-refractivity contribution in [3.63, 3.8) is 0 Å². The summed E-state index contributed by atoms with van der Waals surface area (Å²) in [6.07, 6.45) is -0.290. The first kappa shape index (κ1) is 27.0. The normalized spacial score (nSPS) is 15.1. The Morgan fingerprint density at radius 2 is 1.74 bits per heavy atom. The molecule has 3 rings (SSSR count). The molecule has 188 valence electrons. The summed E-state index contributed by atoms with van der Waals surface area (Å²) in [6.45, 7) is 5.65. The highest BCUT2D eigenvalue weighted by Gasteiger charge is 2.41. The smallest absolute Gasteiger partial charge is 0.269 e. The molecule has 3 amide bonds. The van der Waals surface area contributed by atoms with E-state index >= 15 is 0 Å². The van der Waals surface area contributed by atoms with Crippen molar-refractivity contribution >= 4 is 50.9 Å². The van der Waals surface area contributed by atoms with Crippen molar-refractivity contribution in [1.29, 1.82) is 0 Å². The molecule has 0 aliphatic carbocycles. The zero-order chi connectivity index (χ0) is 25.9. The van der Waals surface area contributed by atoms with Gasteiger partial charge in [-0.3, -0.25) is 14.4 Å². The minimum atomic E-state index is -4.04. The van der Waals surface area contributed by atoms with E-state index in [0.29, 0.717) is 26.5 Å². The molecule has 1 atom stereocenters. The zero-order valence-electron chi connectivity index (χ0n) is 19.6. The standard InChI is InChI=1S/C24H27Cl2N3O5S/c1-15(2)13-27-23(31)16(3)28(14-17-8-9-19(25)20(26)12-17)22(30)10-11-29-24(32)18-6-4-5-7-21(18)35(29,33)34/h4-9,12,15-16H,10-11,13-14H2,1-3H3,(H,27,31)/t16-/m0/s1. The van der Waals surface area contributed by atoms with Crippen LogP contribution in [0.2, 0.25) is 10.0 Å². The van der Waals surface area contributed by atoms with E-state index in [9.17, 15) is 22.8 Å². The van der Waals surface area contributed by atoms with Gasteiger partial charge in [0.15, 0.2) is 0 Å². The van der Waals surface area contributed by atoms with Crippen molar-refractivity contribution in [3.05, 3.63) is 63.6 Å². The fraction of sp³-hybridized carbons (Fsp3) is 0.375. The fourth-order valence-electron chi connectivity index (χ4n) is 3.66. The third kappa shape index (κ3) is 5.97. The lowest BCUT2D eigenvalue weighted by molar-refractivity contribution is -0.140. The second-order valence-electron chi connectivity index (χ2n) is 8.71. The molecule has 0 saturated carbocycles. The van der Waals surface area contributed by atoms with Crippen LogP contribution in [0.15, 0.2) is 47.4 Å². The molecular formula is C24H27Cl2N3O5S. The van der Waals surface area contributed by atoms with E-state index in [4.69, 9.17) is 23.2 Å². The molecule has 0 saturated heterocycles. The van der Waals surface area contributed by atoms with Crippen LogP contribution in [0.5, 0.6) is 0 Å². The Labute approximate surface area is 215 Å². The topological polar surface area (TPSA) is 104 Å². The average molecular weight is 540 g/mol. The summed E-state index contributed by atoms with van der Waals surface area (Å²) in [5.41, 5.74) is 0.725. The molecule has 35 heavy (non-hydrogen) atoms. The van der Waals surface area contributed by atoms with Crippen LogP contribution in [0.4, 0.5) is 0 Å². The van der Waals surface area contributed by atoms with Crippen molar-refractivity contribution in [3.8, 4) is 0 Å². The molecule has 1 aliphatic rings. The third-order valence-corrected chi connectivity index (χ3v) is 8.21. The lowest BCUT2D eigenvalue weighted by atomic mass is 10.1. The van der Waals surface area contributed by atoms with Gasteiger partial charge >= 0.3 is 0 Å². The number of hydrogen-bond donors (Lipinski definition) is 1. The monoisotopic (exact) mass is 539 g/mol. The van der Waals surface area contributed by atoms with Crippen molar-refractivity contribution in [2.45, 2.75) is 44.7 Å². The summed E-state index contributed by atoms with van der Waals surface area (Å²) in [5, 5.41) is 3.47. The van der Waals surface area contributed by atoms with Crippen molar-refractivity contribution < 1.29 is 22.8 Å². The maximum absolute atomic E-state index is 13.3. The highest BCUT2D eigenvalue weighted by molar-refractivity contribution is 7.90. The number of carbonyl (C=O) groups excluding carboxylic acids is 3. The minimum absolute atomic E-state index is 0.0485. The highest BCUT2D eigenvalue weighted by atomic mass is 35.5. The predicted molar refractivity (Wildman–Crippen MR) is 134 cm³/mol. The summed E-state index contributed by atoms with van der Waals surface area (Å²) < 4.78 is 26.3. The van der Waals surface area contributed by atoms with E-state index in [-0.39, 0.29) is 41.8 Å². The minimum Gasteiger partial charge on any atom is -0.354 e. The molecule has 1 heterocycles. The fourth-order valence-corrected chi connectivity index (χ4v) is 5.55. The zero-order valence-corrected chi connectivity index (χ0v) is 22.0. The van der Waals surface area contributed by atoms with Gasteiger partial charge < -0.3 is 10.2 Å². The number of carbonyl (C=O) groups is 3. The summed E-state index contributed by atoms with van der Waals surface area (Å²) in [6, 6.07) is 9.96. The van der Waals surface area contributed by atoms with Gasteiger partial charge in [0, 0.05) is 26.1 Å². The van der Waals surface area contributed by atoms with Crippen LogP contribution in [0.1, 0.15) is 43.1 Å². The Bertz CT molecular complexity index is 1250. The Balaban J connectivity index is 1.80. The number of nitrogens with zero attached hydrogens (tertiary/aromatic N) is 2. The Hall–Kier alpha value is -2.62. The van der Waals surface area contributed by atoms with Gasteiger partial charge in [-0.15, -0.1) is 0 Å². The first-order valence-corrected chi connectivity index (χ1v) is 13.3. The van der Waals surface area contributed by atoms with E-state index in [2.05, 4.69) is 5.32 Å². The molecular weight excluding hydrogens is 513 g/mol. The van der Waals surface area contributed by atoms with Gasteiger partial charge in [-0.2, -0.15) is 0 Å². The van der Waals surface area contributed by atoms with Crippen molar-refractivity contribution in [2.24, 2.45) is 5.92 Å². The molecule has 0 bridgehead atoms. The largest absolute Gasteiger partial charge is 0.354 e. The number of halogens is 2. The number of benzene rings is 2. The van der Waals surface area contributed by atoms with Gasteiger partial charge in [0.05, 0.1) is 15.6 Å². The number of rotatable bonds is 9. The summed E-state index contributed by atoms with van der Waals surface area (Å²) in [5.74, 6) is -1.28. The number of fused-ring (bicyclic) bond motifs is 1. The molecule has 2 aromatic rings. The quantitative estimate of drug-likeness (QED) is 0.522. The average Bonchev–Trinajstić information content (AvgIpc) is 3.01. The number of nitrogens with one attached hydrogen (secondary N) is 1. The molecule has 8 nitrogen and oxygen atoms in total. The van der Waals surface area contributed by atoms with Crippen molar-refractivity contribution in [1.82, 2.24) is 14.5 Å². The van der Waals surface area contributed by atoms with Crippen LogP contribution < -0.4 is 5.32 Å². The first-order chi connectivity index (χ1) is 16.4. The van der Waals surface area contributed by atoms with Gasteiger partial charge in [0.25, 0.3) is 15.9 Å². The van der Waals surface area contributed by atoms with Crippen LogP contribution in [0, 0.1) is 5.92 Å². The van der Waals surface area contributed by atoms with Crippen molar-refractivity contribution in [2.75, 3.05) is 13.1 Å². The van der Waals surface area contributed by atoms with E-state index in [1.165, 1.54) is 23.1 Å². The maximum Gasteiger partial charge on any atom is 0.269 e. The molecule has 0 radical (unpaired) electrons. The first-order valence-electron chi connectivity index (χ1n) is 11.1. The van der Waals surface area contributed by atoms with Gasteiger partial charge in [-0.25, -0.2) is 12.7 Å². The third-order valence-electron chi connectivity index (χ3n) is 5.63. The van der Waals surface area contributed by atoms with Crippen LogP contribution in [-0.4, -0.2) is 54.5 Å². The van der Waals surface area contributed by atoms with Gasteiger partial charge in [0.1, 0.15) is 10.9 Å². The lowest BCUT2D eigenvalue weighted by Crippen LogP contribution is -2.49.